The fourth-order valence-corrected chi connectivity index (χ4v) is 0.928. The molecule has 0 spiro atoms. The third-order valence-electron chi connectivity index (χ3n) is 1.44. The molecule has 0 amide bonds. The molecular formula is C7H13F2N. The summed E-state index contributed by atoms with van der Waals surface area (Å²) in [6, 6.07) is 0. The Bertz CT molecular complexity index is 112. The predicted molar refractivity (Wildman–Crippen MR) is 38.3 cm³/mol. The number of nitrogens with zero attached hydrogens (tertiary/aromatic N) is 1. The van der Waals surface area contributed by atoms with E-state index in [0.717, 1.165) is 31.4 Å². The number of likely N-dealkylation sites (tertiary alicyclic amines) is 1. The monoisotopic (exact) mass is 149 g/mol. The SMILES string of the molecule is CF.CN1CC/C(=C\F)C1. The Morgan fingerprint density at radius 3 is 2.30 bits per heavy atom. The minimum atomic E-state index is 0.500. The third-order valence-corrected chi connectivity index (χ3v) is 1.44. The normalized spacial score (nSPS) is 22.6. The standard InChI is InChI=1S/C6H10FN.CH3F/c1-8-3-2-6(4-7)5-8;1-2/h4H,2-3,5H2,1H3;1H3/b6-4+;. The maximum atomic E-state index is 11.7. The topological polar surface area (TPSA) is 3.24 Å². The zero-order chi connectivity index (χ0) is 7.98. The lowest BCUT2D eigenvalue weighted by Crippen LogP contribution is -2.11. The van der Waals surface area contributed by atoms with Crippen molar-refractivity contribution in [2.24, 2.45) is 0 Å². The van der Waals surface area contributed by atoms with Crippen LogP contribution >= 0.6 is 0 Å². The molecule has 0 saturated carbocycles. The summed E-state index contributed by atoms with van der Waals surface area (Å²) < 4.78 is 21.2. The van der Waals surface area contributed by atoms with Crippen LogP contribution in [0.1, 0.15) is 6.42 Å². The molecule has 0 atom stereocenters. The van der Waals surface area contributed by atoms with Crippen molar-refractivity contribution in [2.75, 3.05) is 27.3 Å². The summed E-state index contributed by atoms with van der Waals surface area (Å²) in [4.78, 5) is 2.10. The van der Waals surface area contributed by atoms with E-state index in [1.165, 1.54) is 0 Å². The van der Waals surface area contributed by atoms with Crippen molar-refractivity contribution in [1.29, 1.82) is 0 Å². The van der Waals surface area contributed by atoms with Gasteiger partial charge in [-0.05, 0) is 19.0 Å². The second-order valence-electron chi connectivity index (χ2n) is 2.26. The van der Waals surface area contributed by atoms with Crippen LogP contribution in [-0.4, -0.2) is 32.2 Å². The lowest BCUT2D eigenvalue weighted by Gasteiger charge is -2.01. The van der Waals surface area contributed by atoms with Crippen molar-refractivity contribution in [3.05, 3.63) is 11.9 Å². The van der Waals surface area contributed by atoms with Crippen molar-refractivity contribution in [2.45, 2.75) is 6.42 Å². The van der Waals surface area contributed by atoms with Gasteiger partial charge in [-0.25, -0.2) is 4.39 Å². The van der Waals surface area contributed by atoms with E-state index in [1.54, 1.807) is 0 Å². The van der Waals surface area contributed by atoms with Gasteiger partial charge in [0, 0.05) is 13.1 Å². The molecule has 1 aliphatic heterocycles. The van der Waals surface area contributed by atoms with E-state index in [1.807, 2.05) is 7.05 Å². The first-order valence-corrected chi connectivity index (χ1v) is 3.17. The molecule has 1 heterocycles. The van der Waals surface area contributed by atoms with Crippen LogP contribution in [0.4, 0.5) is 8.78 Å². The molecule has 1 nitrogen and oxygen atoms in total. The number of rotatable bonds is 0. The third kappa shape index (κ3) is 2.92. The molecule has 0 aromatic rings. The highest BCUT2D eigenvalue weighted by atomic mass is 19.1. The molecule has 1 fully saturated rings. The smallest absolute Gasteiger partial charge is 0.0872 e. The molecule has 0 aromatic heterocycles. The Kier molecular flexibility index (Phi) is 5.12. The summed E-state index contributed by atoms with van der Waals surface area (Å²) in [6.45, 7) is 1.83. The van der Waals surface area contributed by atoms with Crippen LogP contribution in [0.15, 0.2) is 11.9 Å². The van der Waals surface area contributed by atoms with Gasteiger partial charge in [0.15, 0.2) is 0 Å². The Hall–Kier alpha value is -0.440. The molecule has 0 N–H and O–H groups in total. The van der Waals surface area contributed by atoms with E-state index in [2.05, 4.69) is 4.90 Å². The summed E-state index contributed by atoms with van der Waals surface area (Å²) in [6.07, 6.45) is 1.64. The number of likely N-dealkylation sites (N-methyl/N-ethyl adjacent to an activating group) is 1. The van der Waals surface area contributed by atoms with Crippen LogP contribution in [0.2, 0.25) is 0 Å². The van der Waals surface area contributed by atoms with E-state index in [-0.39, 0.29) is 0 Å². The van der Waals surface area contributed by atoms with Gasteiger partial charge in [0.25, 0.3) is 0 Å². The molecule has 1 saturated heterocycles. The van der Waals surface area contributed by atoms with Gasteiger partial charge in [-0.2, -0.15) is 0 Å². The van der Waals surface area contributed by atoms with Crippen LogP contribution in [-0.2, 0) is 0 Å². The van der Waals surface area contributed by atoms with Gasteiger partial charge in [0.2, 0.25) is 0 Å². The average Bonchev–Trinajstić information content (AvgIpc) is 2.40. The first-order valence-electron chi connectivity index (χ1n) is 3.17. The van der Waals surface area contributed by atoms with Gasteiger partial charge < -0.3 is 4.90 Å². The highest BCUT2D eigenvalue weighted by Gasteiger charge is 2.10. The minimum Gasteiger partial charge on any atom is -0.302 e. The summed E-state index contributed by atoms with van der Waals surface area (Å²) in [5.74, 6) is 0. The fourth-order valence-electron chi connectivity index (χ4n) is 0.928. The zero-order valence-electron chi connectivity index (χ0n) is 6.40. The van der Waals surface area contributed by atoms with Crippen LogP contribution in [0.5, 0.6) is 0 Å². The molecule has 1 rings (SSSR count). The number of alkyl halides is 1. The first kappa shape index (κ1) is 9.56. The van der Waals surface area contributed by atoms with E-state index < -0.39 is 0 Å². The summed E-state index contributed by atoms with van der Waals surface area (Å²) in [5, 5.41) is 0. The Morgan fingerprint density at radius 1 is 1.50 bits per heavy atom. The first-order chi connectivity index (χ1) is 4.83. The number of hydrogen-bond donors (Lipinski definition) is 0. The quantitative estimate of drug-likeness (QED) is 0.507. The molecule has 3 heteroatoms. The van der Waals surface area contributed by atoms with Gasteiger partial charge in [0.1, 0.15) is 0 Å². The van der Waals surface area contributed by atoms with Crippen molar-refractivity contribution in [3.8, 4) is 0 Å². The molecule has 0 bridgehead atoms. The fraction of sp³-hybridized carbons (Fsp3) is 0.714. The maximum Gasteiger partial charge on any atom is 0.0872 e. The van der Waals surface area contributed by atoms with Crippen molar-refractivity contribution in [1.82, 2.24) is 4.90 Å². The van der Waals surface area contributed by atoms with Crippen molar-refractivity contribution < 1.29 is 8.78 Å². The zero-order valence-corrected chi connectivity index (χ0v) is 6.40. The van der Waals surface area contributed by atoms with E-state index in [9.17, 15) is 8.78 Å². The predicted octanol–water partition coefficient (Wildman–Crippen LogP) is 1.76. The average molecular weight is 149 g/mol. The van der Waals surface area contributed by atoms with Gasteiger partial charge in [-0.15, -0.1) is 0 Å². The second kappa shape index (κ2) is 5.35. The molecular weight excluding hydrogens is 136 g/mol. The Labute approximate surface area is 60.3 Å². The van der Waals surface area contributed by atoms with Crippen LogP contribution < -0.4 is 0 Å². The van der Waals surface area contributed by atoms with Crippen molar-refractivity contribution in [3.63, 3.8) is 0 Å². The Balaban J connectivity index is 0.000000371. The van der Waals surface area contributed by atoms with Crippen LogP contribution in [0, 0.1) is 0 Å². The van der Waals surface area contributed by atoms with Crippen LogP contribution in [0.3, 0.4) is 0 Å². The maximum absolute atomic E-state index is 11.7. The largest absolute Gasteiger partial charge is 0.302 e. The summed E-state index contributed by atoms with van der Waals surface area (Å²) in [5.41, 5.74) is 0.924. The lowest BCUT2D eigenvalue weighted by atomic mass is 10.3. The summed E-state index contributed by atoms with van der Waals surface area (Å²) >= 11 is 0. The molecule has 10 heavy (non-hydrogen) atoms. The van der Waals surface area contributed by atoms with Crippen LogP contribution in [0.25, 0.3) is 0 Å². The lowest BCUT2D eigenvalue weighted by molar-refractivity contribution is 0.424. The van der Waals surface area contributed by atoms with E-state index in [4.69, 9.17) is 0 Å². The van der Waals surface area contributed by atoms with E-state index in [0.29, 0.717) is 7.18 Å². The van der Waals surface area contributed by atoms with Gasteiger partial charge in [-0.3, -0.25) is 4.39 Å². The summed E-state index contributed by atoms with van der Waals surface area (Å²) in [7, 11) is 2.50. The second-order valence-corrected chi connectivity index (χ2v) is 2.26. The molecule has 0 aliphatic carbocycles. The molecule has 0 aromatic carbocycles. The van der Waals surface area contributed by atoms with Crippen molar-refractivity contribution >= 4 is 0 Å². The van der Waals surface area contributed by atoms with Gasteiger partial charge >= 0.3 is 0 Å². The highest BCUT2D eigenvalue weighted by Crippen LogP contribution is 2.11. The molecule has 0 radical (unpaired) electrons. The number of halogens is 2. The minimum absolute atomic E-state index is 0.500. The Morgan fingerprint density at radius 2 is 2.10 bits per heavy atom. The number of hydrogen-bond acceptors (Lipinski definition) is 1. The van der Waals surface area contributed by atoms with Gasteiger partial charge in [0.05, 0.1) is 13.5 Å². The van der Waals surface area contributed by atoms with Gasteiger partial charge in [-0.1, -0.05) is 0 Å². The highest BCUT2D eigenvalue weighted by molar-refractivity contribution is 5.05. The van der Waals surface area contributed by atoms with E-state index >= 15 is 0 Å². The molecule has 60 valence electrons. The molecule has 1 aliphatic rings. The molecule has 0 unspecified atom stereocenters.